The van der Waals surface area contributed by atoms with E-state index in [2.05, 4.69) is 19.2 Å². The molecule has 0 aromatic heterocycles. The van der Waals surface area contributed by atoms with Crippen molar-refractivity contribution in [3.05, 3.63) is 48.0 Å². The highest BCUT2D eigenvalue weighted by Crippen LogP contribution is 2.39. The van der Waals surface area contributed by atoms with Gasteiger partial charge in [0, 0.05) is 6.54 Å². The summed E-state index contributed by atoms with van der Waals surface area (Å²) in [6, 6.07) is 13.1. The minimum absolute atomic E-state index is 0.337. The molecule has 0 aliphatic carbocycles. The van der Waals surface area contributed by atoms with Gasteiger partial charge in [0.1, 0.15) is 5.75 Å². The number of nitrogens with two attached hydrogens (primary N) is 1. The first-order valence-electron chi connectivity index (χ1n) is 9.88. The molecule has 6 heteroatoms. The maximum atomic E-state index is 12.5. The number of unbranched alkanes of at least 4 members (excludes halogenated alkanes) is 3. The van der Waals surface area contributed by atoms with Crippen molar-refractivity contribution in [2.24, 2.45) is 5.14 Å². The molecule has 5 nitrogen and oxygen atoms in total. The summed E-state index contributed by atoms with van der Waals surface area (Å²) in [5, 5.41) is 9.27. The molecule has 0 saturated carbocycles. The number of carbonyl (C=O) groups is 1. The fourth-order valence-electron chi connectivity index (χ4n) is 2.65. The zero-order chi connectivity index (χ0) is 20.2. The molecule has 0 radical (unpaired) electrons. The maximum Gasteiger partial charge on any atom is 0.338 e. The molecule has 152 valence electrons. The minimum atomic E-state index is -0.337. The van der Waals surface area contributed by atoms with Crippen molar-refractivity contribution >= 4 is 23.6 Å². The molecule has 0 fully saturated rings. The Labute approximate surface area is 172 Å². The highest BCUT2D eigenvalue weighted by atomic mass is 32.2. The lowest BCUT2D eigenvalue weighted by Crippen LogP contribution is -2.10. The maximum absolute atomic E-state index is 12.5. The van der Waals surface area contributed by atoms with Crippen LogP contribution in [0.2, 0.25) is 0 Å². The summed E-state index contributed by atoms with van der Waals surface area (Å²) in [5.41, 5.74) is 1.22. The van der Waals surface area contributed by atoms with Crippen molar-refractivity contribution in [3.8, 4) is 11.5 Å². The van der Waals surface area contributed by atoms with E-state index in [1.165, 1.54) is 0 Å². The number of para-hydroxylation sites is 1. The van der Waals surface area contributed by atoms with Crippen LogP contribution in [0.5, 0.6) is 11.5 Å². The molecule has 0 spiro atoms. The van der Waals surface area contributed by atoms with Gasteiger partial charge in [-0.25, -0.2) is 4.79 Å². The Morgan fingerprint density at radius 3 is 2.50 bits per heavy atom. The number of carbonyl (C=O) groups excluding carboxylic acids is 1. The van der Waals surface area contributed by atoms with Crippen LogP contribution in [0.1, 0.15) is 56.3 Å². The van der Waals surface area contributed by atoms with E-state index >= 15 is 0 Å². The average Bonchev–Trinajstić information content (AvgIpc) is 2.72. The van der Waals surface area contributed by atoms with Crippen LogP contribution >= 0.6 is 11.9 Å². The van der Waals surface area contributed by atoms with Gasteiger partial charge in [-0.15, -0.1) is 0 Å². The van der Waals surface area contributed by atoms with Gasteiger partial charge in [0.2, 0.25) is 0 Å². The number of anilines is 1. The zero-order valence-corrected chi connectivity index (χ0v) is 17.5. The second-order valence-corrected chi connectivity index (χ2v) is 7.18. The molecular formula is C22H30N2O3S. The van der Waals surface area contributed by atoms with Crippen LogP contribution in [0.4, 0.5) is 5.69 Å². The van der Waals surface area contributed by atoms with Gasteiger partial charge in [0.25, 0.3) is 0 Å². The molecule has 3 N–H and O–H groups in total. The van der Waals surface area contributed by atoms with Crippen LogP contribution in [0.3, 0.4) is 0 Å². The van der Waals surface area contributed by atoms with Gasteiger partial charge in [-0.1, -0.05) is 51.3 Å². The Hall–Kier alpha value is -2.18. The molecule has 2 aromatic rings. The quantitative estimate of drug-likeness (QED) is 0.257. The van der Waals surface area contributed by atoms with Crippen LogP contribution in [-0.2, 0) is 4.74 Å². The van der Waals surface area contributed by atoms with Gasteiger partial charge in [-0.05, 0) is 49.1 Å². The van der Waals surface area contributed by atoms with Gasteiger partial charge >= 0.3 is 5.97 Å². The van der Waals surface area contributed by atoms with Gasteiger partial charge in [0.15, 0.2) is 5.75 Å². The summed E-state index contributed by atoms with van der Waals surface area (Å²) in [6.45, 7) is 5.46. The number of nitrogens with one attached hydrogen (secondary N) is 1. The number of hydrogen-bond donors (Lipinski definition) is 2. The van der Waals surface area contributed by atoms with Gasteiger partial charge in [0.05, 0.1) is 22.8 Å². The van der Waals surface area contributed by atoms with Crippen LogP contribution in [0.15, 0.2) is 47.4 Å². The summed E-state index contributed by atoms with van der Waals surface area (Å²) in [7, 11) is 0. The van der Waals surface area contributed by atoms with E-state index < -0.39 is 0 Å². The summed E-state index contributed by atoms with van der Waals surface area (Å²) >= 11 is 1.06. The molecule has 0 aliphatic heterocycles. The first-order chi connectivity index (χ1) is 13.7. The predicted molar refractivity (Wildman–Crippen MR) is 116 cm³/mol. The second kappa shape index (κ2) is 12.3. The van der Waals surface area contributed by atoms with Crippen LogP contribution < -0.4 is 15.2 Å². The monoisotopic (exact) mass is 402 g/mol. The Bertz CT molecular complexity index is 738. The predicted octanol–water partition coefficient (Wildman–Crippen LogP) is 6.00. The largest absolute Gasteiger partial charge is 0.462 e. The highest BCUT2D eigenvalue weighted by molar-refractivity contribution is 7.97. The molecule has 0 saturated heterocycles. The minimum Gasteiger partial charge on any atom is -0.462 e. The van der Waals surface area contributed by atoms with Crippen LogP contribution in [-0.4, -0.2) is 19.1 Å². The van der Waals surface area contributed by atoms with E-state index in [1.54, 1.807) is 12.1 Å². The van der Waals surface area contributed by atoms with Crippen LogP contribution in [0, 0.1) is 0 Å². The van der Waals surface area contributed by atoms with Gasteiger partial charge in [-0.3, -0.25) is 5.14 Å². The lowest BCUT2D eigenvalue weighted by molar-refractivity contribution is 0.0498. The fourth-order valence-corrected chi connectivity index (χ4v) is 3.10. The Kier molecular flexibility index (Phi) is 9.72. The van der Waals surface area contributed by atoms with E-state index in [4.69, 9.17) is 14.6 Å². The van der Waals surface area contributed by atoms with E-state index in [9.17, 15) is 4.79 Å². The number of rotatable bonds is 12. The second-order valence-electron chi connectivity index (χ2n) is 6.51. The summed E-state index contributed by atoms with van der Waals surface area (Å²) in [4.78, 5) is 13.2. The first kappa shape index (κ1) is 22.1. The third-order valence-corrected chi connectivity index (χ3v) is 4.76. The Morgan fingerprint density at radius 2 is 1.82 bits per heavy atom. The lowest BCUT2D eigenvalue weighted by atomic mass is 10.1. The van der Waals surface area contributed by atoms with Gasteiger partial charge in [-0.2, -0.15) is 0 Å². The zero-order valence-electron chi connectivity index (χ0n) is 16.7. The molecular weight excluding hydrogens is 372 g/mol. The number of hydrogen-bond acceptors (Lipinski definition) is 6. The molecule has 0 amide bonds. The van der Waals surface area contributed by atoms with Gasteiger partial charge < -0.3 is 14.8 Å². The number of benzene rings is 2. The molecule has 0 bridgehead atoms. The molecule has 2 rings (SSSR count). The normalized spacial score (nSPS) is 10.5. The van der Waals surface area contributed by atoms with Crippen LogP contribution in [0.25, 0.3) is 0 Å². The van der Waals surface area contributed by atoms with Crippen molar-refractivity contribution in [2.45, 2.75) is 50.8 Å². The van der Waals surface area contributed by atoms with Crippen molar-refractivity contribution < 1.29 is 14.3 Å². The average molecular weight is 403 g/mol. The molecule has 0 aliphatic rings. The summed E-state index contributed by atoms with van der Waals surface area (Å²) in [5.74, 6) is 1.000. The Morgan fingerprint density at radius 1 is 1.07 bits per heavy atom. The summed E-state index contributed by atoms with van der Waals surface area (Å²) < 4.78 is 11.5. The molecule has 0 heterocycles. The molecule has 0 unspecified atom stereocenters. The third kappa shape index (κ3) is 6.77. The lowest BCUT2D eigenvalue weighted by Gasteiger charge is -2.17. The Balaban J connectivity index is 2.27. The van der Waals surface area contributed by atoms with E-state index in [-0.39, 0.29) is 5.97 Å². The fraction of sp³-hybridized carbons (Fsp3) is 0.409. The number of ether oxygens (including phenoxy) is 2. The van der Waals surface area contributed by atoms with E-state index in [1.807, 2.05) is 30.3 Å². The van der Waals surface area contributed by atoms with Crippen molar-refractivity contribution in [2.75, 3.05) is 18.5 Å². The van der Waals surface area contributed by atoms with E-state index in [0.29, 0.717) is 28.6 Å². The highest BCUT2D eigenvalue weighted by Gasteiger charge is 2.18. The van der Waals surface area contributed by atoms with E-state index in [0.717, 1.165) is 56.3 Å². The van der Waals surface area contributed by atoms with Crippen molar-refractivity contribution in [3.63, 3.8) is 0 Å². The van der Waals surface area contributed by atoms with Crippen molar-refractivity contribution in [1.29, 1.82) is 0 Å². The SMILES string of the molecule is CCCCCOC(=O)c1cc(NCCCC)c(Oc2ccccc2)c(SN)c1. The molecule has 28 heavy (non-hydrogen) atoms. The third-order valence-electron chi connectivity index (χ3n) is 4.21. The topological polar surface area (TPSA) is 73.6 Å². The summed E-state index contributed by atoms with van der Waals surface area (Å²) in [6.07, 6.45) is 5.09. The molecule has 2 aromatic carbocycles. The number of esters is 1. The van der Waals surface area contributed by atoms with Crippen molar-refractivity contribution in [1.82, 2.24) is 0 Å². The molecule has 0 atom stereocenters. The smallest absolute Gasteiger partial charge is 0.338 e. The standard InChI is InChI=1S/C22H30N2O3S/c1-3-5-10-14-26-22(25)17-15-19(24-13-6-4-2)21(20(16-17)28-23)27-18-11-8-7-9-12-18/h7-9,11-12,15-16,24H,3-6,10,13-14,23H2,1-2H3. The first-order valence-corrected chi connectivity index (χ1v) is 10.8.